The number of alkyl halides is 3. The lowest BCUT2D eigenvalue weighted by atomic mass is 10.3. The van der Waals surface area contributed by atoms with E-state index in [1.807, 2.05) is 91.0 Å². The van der Waals surface area contributed by atoms with Gasteiger partial charge < -0.3 is 29.3 Å². The van der Waals surface area contributed by atoms with Crippen molar-refractivity contribution in [2.45, 2.75) is 19.1 Å². The first-order valence-electron chi connectivity index (χ1n) is 9.26. The molecule has 0 aliphatic rings. The second-order valence-electron chi connectivity index (χ2n) is 6.87. The normalized spacial score (nSPS) is 12.5. The average Bonchev–Trinajstić information content (AvgIpc) is 2.73. The molecule has 0 aliphatic heterocycles. The summed E-state index contributed by atoms with van der Waals surface area (Å²) in [5, 5.41) is 5.33. The molecule has 2 nitrogen and oxygen atoms in total. The summed E-state index contributed by atoms with van der Waals surface area (Å²) in [6.07, 6.45) is -4.52. The molecule has 3 rings (SSSR count). The second-order valence-corrected chi connectivity index (χ2v) is 10.4. The van der Waals surface area contributed by atoms with E-state index in [4.69, 9.17) is 0 Å². The van der Waals surface area contributed by atoms with Crippen LogP contribution >= 0.6 is 7.26 Å². The number of hydrogen-bond acceptors (Lipinski definition) is 1. The largest absolute Gasteiger partial charge is 1.00 e. The van der Waals surface area contributed by atoms with Crippen LogP contribution in [0.3, 0.4) is 0 Å². The van der Waals surface area contributed by atoms with Crippen molar-refractivity contribution in [1.29, 1.82) is 0 Å². The van der Waals surface area contributed by atoms with E-state index in [0.717, 1.165) is 15.9 Å². The van der Waals surface area contributed by atoms with Gasteiger partial charge >= 0.3 is 12.1 Å². The number of carbonyl (C=O) groups is 1. The van der Waals surface area contributed by atoms with Crippen molar-refractivity contribution in [3.63, 3.8) is 0 Å². The highest BCUT2D eigenvalue weighted by Crippen LogP contribution is 2.55. The van der Waals surface area contributed by atoms with Gasteiger partial charge in [0.2, 0.25) is 0 Å². The summed E-state index contributed by atoms with van der Waals surface area (Å²) in [6, 6.07) is 28.8. The monoisotopic (exact) mass is 543 g/mol. The number of carbonyl (C=O) groups excluding carboxylic acids is 1. The van der Waals surface area contributed by atoms with Crippen LogP contribution in [0, 0.1) is 0 Å². The summed E-state index contributed by atoms with van der Waals surface area (Å²) in [7, 11) is -2.30. The van der Waals surface area contributed by atoms with Crippen LogP contribution in [0.4, 0.5) is 13.2 Å². The fourth-order valence-corrected chi connectivity index (χ4v) is 8.06. The van der Waals surface area contributed by atoms with E-state index in [2.05, 4.69) is 5.32 Å². The SMILES string of the molecule is CC(C[P+](c1ccccc1)(c1ccccc1)c1ccccc1)NC(=O)C(F)(F)F.[I-]. The molecule has 1 atom stereocenters. The summed E-state index contributed by atoms with van der Waals surface area (Å²) in [6.45, 7) is 1.63. The van der Waals surface area contributed by atoms with E-state index in [-0.39, 0.29) is 24.0 Å². The van der Waals surface area contributed by atoms with Gasteiger partial charge in [-0.1, -0.05) is 54.6 Å². The summed E-state index contributed by atoms with van der Waals surface area (Å²) in [5.41, 5.74) is 0. The van der Waals surface area contributed by atoms with Gasteiger partial charge in [0, 0.05) is 0 Å². The summed E-state index contributed by atoms with van der Waals surface area (Å²) < 4.78 is 38.4. The first-order valence-corrected chi connectivity index (χ1v) is 11.2. The van der Waals surface area contributed by atoms with Gasteiger partial charge in [-0.3, -0.25) is 4.79 Å². The minimum Gasteiger partial charge on any atom is -1.00 e. The van der Waals surface area contributed by atoms with Crippen LogP contribution in [-0.4, -0.2) is 24.3 Å². The summed E-state index contributed by atoms with van der Waals surface area (Å²) in [4.78, 5) is 11.5. The zero-order chi connectivity index (χ0) is 20.9. The highest BCUT2D eigenvalue weighted by atomic mass is 127. The van der Waals surface area contributed by atoms with E-state index in [1.165, 1.54) is 0 Å². The molecule has 0 saturated heterocycles. The van der Waals surface area contributed by atoms with Gasteiger partial charge in [0.25, 0.3) is 0 Å². The van der Waals surface area contributed by atoms with Crippen LogP contribution in [-0.2, 0) is 4.79 Å². The molecule has 0 fully saturated rings. The topological polar surface area (TPSA) is 29.1 Å². The molecule has 0 saturated carbocycles. The molecule has 1 amide bonds. The molecule has 1 unspecified atom stereocenters. The molecule has 0 aliphatic carbocycles. The molecule has 30 heavy (non-hydrogen) atoms. The third kappa shape index (κ3) is 5.41. The lowest BCUT2D eigenvalue weighted by Gasteiger charge is -2.30. The van der Waals surface area contributed by atoms with Crippen LogP contribution in [0.25, 0.3) is 0 Å². The molecule has 0 bridgehead atoms. The van der Waals surface area contributed by atoms with E-state index >= 15 is 0 Å². The molecule has 1 N–H and O–H groups in total. The number of nitrogens with one attached hydrogen (secondary N) is 1. The standard InChI is InChI=1S/C23H21F3NOP.HI/c1-18(27-22(28)23(24,25)26)17-29(19-11-5-2-6-12-19,20-13-7-3-8-14-20)21-15-9-4-10-16-21;/h2-16,18H,17H2,1H3;1H. The van der Waals surface area contributed by atoms with Crippen LogP contribution in [0.15, 0.2) is 91.0 Å². The lowest BCUT2D eigenvalue weighted by molar-refractivity contribution is -0.174. The van der Waals surface area contributed by atoms with Gasteiger partial charge in [0.05, 0.1) is 12.2 Å². The van der Waals surface area contributed by atoms with Crippen LogP contribution in [0.5, 0.6) is 0 Å². The molecule has 3 aromatic rings. The smallest absolute Gasteiger partial charge is 0.471 e. The fraction of sp³-hybridized carbons (Fsp3) is 0.174. The molecular formula is C23H22F3INOP. The van der Waals surface area contributed by atoms with Crippen LogP contribution < -0.4 is 45.2 Å². The Morgan fingerprint density at radius 3 is 1.43 bits per heavy atom. The van der Waals surface area contributed by atoms with E-state index in [9.17, 15) is 18.0 Å². The van der Waals surface area contributed by atoms with Crippen molar-refractivity contribution >= 4 is 29.1 Å². The number of benzene rings is 3. The van der Waals surface area contributed by atoms with Crippen molar-refractivity contribution in [3.8, 4) is 0 Å². The Hall–Kier alpha value is -1.92. The minimum atomic E-state index is -4.90. The Morgan fingerprint density at radius 1 is 0.800 bits per heavy atom. The maximum absolute atomic E-state index is 12.8. The van der Waals surface area contributed by atoms with Gasteiger partial charge in [-0.15, -0.1) is 0 Å². The summed E-state index contributed by atoms with van der Waals surface area (Å²) in [5.74, 6) is -1.91. The quantitative estimate of drug-likeness (QED) is 0.366. The highest BCUT2D eigenvalue weighted by Gasteiger charge is 2.47. The predicted molar refractivity (Wildman–Crippen MR) is 114 cm³/mol. The predicted octanol–water partition coefficient (Wildman–Crippen LogP) is 1.05. The van der Waals surface area contributed by atoms with Gasteiger partial charge in [-0.25, -0.2) is 0 Å². The van der Waals surface area contributed by atoms with Crippen LogP contribution in [0.1, 0.15) is 6.92 Å². The molecule has 0 radical (unpaired) electrons. The molecule has 0 aromatic heterocycles. The van der Waals surface area contributed by atoms with E-state index < -0.39 is 25.4 Å². The zero-order valence-electron chi connectivity index (χ0n) is 16.3. The van der Waals surface area contributed by atoms with Crippen molar-refractivity contribution in [1.82, 2.24) is 5.32 Å². The van der Waals surface area contributed by atoms with Gasteiger partial charge in [-0.05, 0) is 43.3 Å². The first-order chi connectivity index (χ1) is 13.8. The maximum atomic E-state index is 12.8. The van der Waals surface area contributed by atoms with Crippen molar-refractivity contribution < 1.29 is 41.9 Å². The molecule has 3 aromatic carbocycles. The number of hydrogen-bond donors (Lipinski definition) is 1. The lowest BCUT2D eigenvalue weighted by Crippen LogP contribution is -3.00. The second kappa shape index (κ2) is 10.4. The van der Waals surface area contributed by atoms with Crippen molar-refractivity contribution in [3.05, 3.63) is 91.0 Å². The van der Waals surface area contributed by atoms with Gasteiger partial charge in [-0.2, -0.15) is 13.2 Å². The fourth-order valence-electron chi connectivity index (χ4n) is 3.57. The van der Waals surface area contributed by atoms with Crippen LogP contribution in [0.2, 0.25) is 0 Å². The average molecular weight is 543 g/mol. The zero-order valence-corrected chi connectivity index (χ0v) is 19.4. The van der Waals surface area contributed by atoms with Gasteiger partial charge in [0.1, 0.15) is 23.2 Å². The highest BCUT2D eigenvalue weighted by molar-refractivity contribution is 7.95. The number of rotatable bonds is 6. The third-order valence-electron chi connectivity index (χ3n) is 4.77. The van der Waals surface area contributed by atoms with E-state index in [1.54, 1.807) is 6.92 Å². The first kappa shape index (κ1) is 24.4. The minimum absolute atomic E-state index is 0. The number of halogens is 4. The molecule has 0 heterocycles. The maximum Gasteiger partial charge on any atom is 0.471 e. The van der Waals surface area contributed by atoms with E-state index in [0.29, 0.717) is 6.16 Å². The van der Waals surface area contributed by atoms with Crippen molar-refractivity contribution in [2.75, 3.05) is 6.16 Å². The Kier molecular flexibility index (Phi) is 8.44. The molecule has 0 spiro atoms. The Labute approximate surface area is 192 Å². The molecule has 7 heteroatoms. The van der Waals surface area contributed by atoms with Crippen molar-refractivity contribution in [2.24, 2.45) is 0 Å². The third-order valence-corrected chi connectivity index (χ3v) is 9.41. The molecule has 158 valence electrons. The Balaban J connectivity index is 0.00000320. The Morgan fingerprint density at radius 2 is 1.13 bits per heavy atom. The number of amides is 1. The summed E-state index contributed by atoms with van der Waals surface area (Å²) >= 11 is 0. The van der Waals surface area contributed by atoms with Gasteiger partial charge in [0.15, 0.2) is 0 Å². The Bertz CT molecular complexity index is 840. The molecular weight excluding hydrogens is 521 g/mol.